The summed E-state index contributed by atoms with van der Waals surface area (Å²) in [6, 6.07) is 9.67. The summed E-state index contributed by atoms with van der Waals surface area (Å²) in [5.41, 5.74) is -0.447. The highest BCUT2D eigenvalue weighted by Gasteiger charge is 2.30. The Morgan fingerprint density at radius 1 is 1.12 bits per heavy atom. The Labute approximate surface area is 144 Å². The average molecular weight is 360 g/mol. The standard InChI is InChI=1S/C18H11F3N2O3/c1-25-11-3-5-15-9(6-11)7-12(17(24)26-15)16-22-13-4-2-10(18(19,20)21)8-14(13)23-16/h2-8H,1H3,(H,22,23). The first-order valence-corrected chi connectivity index (χ1v) is 7.54. The highest BCUT2D eigenvalue weighted by molar-refractivity contribution is 5.84. The van der Waals surface area contributed by atoms with E-state index in [4.69, 9.17) is 9.15 Å². The predicted molar refractivity (Wildman–Crippen MR) is 89.1 cm³/mol. The fourth-order valence-electron chi connectivity index (χ4n) is 2.71. The average Bonchev–Trinajstić information content (AvgIpc) is 3.03. The number of methoxy groups -OCH3 is 1. The van der Waals surface area contributed by atoms with Crippen LogP contribution in [-0.4, -0.2) is 17.1 Å². The Bertz CT molecular complexity index is 1190. The second-order valence-electron chi connectivity index (χ2n) is 5.67. The van der Waals surface area contributed by atoms with Gasteiger partial charge in [-0.3, -0.25) is 0 Å². The number of imidazole rings is 1. The first-order chi connectivity index (χ1) is 12.3. The van der Waals surface area contributed by atoms with Crippen LogP contribution in [0.25, 0.3) is 33.4 Å². The molecule has 5 nitrogen and oxygen atoms in total. The Morgan fingerprint density at radius 2 is 1.92 bits per heavy atom. The van der Waals surface area contributed by atoms with Crippen LogP contribution >= 0.6 is 0 Å². The van der Waals surface area contributed by atoms with Crippen LogP contribution in [0.4, 0.5) is 13.2 Å². The van der Waals surface area contributed by atoms with Gasteiger partial charge in [0, 0.05) is 5.39 Å². The lowest BCUT2D eigenvalue weighted by atomic mass is 10.1. The van der Waals surface area contributed by atoms with E-state index in [1.165, 1.54) is 13.2 Å². The van der Waals surface area contributed by atoms with Crippen LogP contribution in [0.5, 0.6) is 5.75 Å². The zero-order valence-corrected chi connectivity index (χ0v) is 13.3. The third kappa shape index (κ3) is 2.69. The number of nitrogens with one attached hydrogen (secondary N) is 1. The van der Waals surface area contributed by atoms with Gasteiger partial charge in [0.25, 0.3) is 0 Å². The van der Waals surface area contributed by atoms with Crippen molar-refractivity contribution in [3.8, 4) is 17.1 Å². The minimum atomic E-state index is -4.46. The summed E-state index contributed by atoms with van der Waals surface area (Å²) in [5.74, 6) is 0.717. The van der Waals surface area contributed by atoms with Crippen LogP contribution in [0.3, 0.4) is 0 Å². The van der Waals surface area contributed by atoms with Gasteiger partial charge in [-0.15, -0.1) is 0 Å². The van der Waals surface area contributed by atoms with E-state index in [2.05, 4.69) is 9.97 Å². The summed E-state index contributed by atoms with van der Waals surface area (Å²) >= 11 is 0. The number of hydrogen-bond donors (Lipinski definition) is 1. The molecule has 26 heavy (non-hydrogen) atoms. The number of hydrogen-bond acceptors (Lipinski definition) is 4. The molecule has 1 N–H and O–H groups in total. The smallest absolute Gasteiger partial charge is 0.416 e. The fraction of sp³-hybridized carbons (Fsp3) is 0.111. The van der Waals surface area contributed by atoms with Crippen molar-refractivity contribution in [3.63, 3.8) is 0 Å². The molecule has 132 valence electrons. The normalized spacial score (nSPS) is 12.0. The number of aromatic nitrogens is 2. The first kappa shape index (κ1) is 16.2. The Kier molecular flexibility index (Phi) is 3.50. The van der Waals surface area contributed by atoms with Gasteiger partial charge in [-0.25, -0.2) is 9.78 Å². The number of rotatable bonds is 2. The molecule has 2 aromatic carbocycles. The molecular weight excluding hydrogens is 349 g/mol. The molecule has 0 atom stereocenters. The summed E-state index contributed by atoms with van der Waals surface area (Å²) < 4.78 is 48.9. The van der Waals surface area contributed by atoms with Crippen molar-refractivity contribution in [3.05, 3.63) is 58.4 Å². The molecule has 0 saturated carbocycles. The molecule has 0 bridgehead atoms. The number of benzene rings is 2. The maximum Gasteiger partial charge on any atom is 0.416 e. The third-order valence-corrected chi connectivity index (χ3v) is 4.00. The van der Waals surface area contributed by atoms with Crippen molar-refractivity contribution >= 4 is 22.0 Å². The summed E-state index contributed by atoms with van der Waals surface area (Å²) in [4.78, 5) is 19.2. The number of fused-ring (bicyclic) bond motifs is 2. The summed E-state index contributed by atoms with van der Waals surface area (Å²) in [6.07, 6.45) is -4.46. The summed E-state index contributed by atoms with van der Waals surface area (Å²) in [7, 11) is 1.51. The predicted octanol–water partition coefficient (Wildman–Crippen LogP) is 4.36. The van der Waals surface area contributed by atoms with Gasteiger partial charge in [0.2, 0.25) is 0 Å². The minimum Gasteiger partial charge on any atom is -0.497 e. The molecule has 4 rings (SSSR count). The highest BCUT2D eigenvalue weighted by Crippen LogP contribution is 2.32. The van der Waals surface area contributed by atoms with E-state index in [1.807, 2.05) is 0 Å². The van der Waals surface area contributed by atoms with Crippen LogP contribution in [0.1, 0.15) is 5.56 Å². The van der Waals surface area contributed by atoms with Crippen molar-refractivity contribution in [2.24, 2.45) is 0 Å². The number of nitrogens with zero attached hydrogens (tertiary/aromatic N) is 1. The molecule has 0 saturated heterocycles. The summed E-state index contributed by atoms with van der Waals surface area (Å²) in [6.45, 7) is 0. The Hall–Kier alpha value is -3.29. The van der Waals surface area contributed by atoms with Crippen molar-refractivity contribution in [1.29, 1.82) is 0 Å². The van der Waals surface area contributed by atoms with Gasteiger partial charge in [-0.05, 0) is 42.5 Å². The first-order valence-electron chi connectivity index (χ1n) is 7.54. The van der Waals surface area contributed by atoms with Gasteiger partial charge in [0.1, 0.15) is 22.7 Å². The molecule has 0 aliphatic heterocycles. The molecule has 8 heteroatoms. The van der Waals surface area contributed by atoms with Gasteiger partial charge >= 0.3 is 11.8 Å². The van der Waals surface area contributed by atoms with Crippen molar-refractivity contribution in [2.75, 3.05) is 7.11 Å². The molecule has 2 aromatic heterocycles. The molecule has 0 aliphatic rings. The molecule has 4 aromatic rings. The highest BCUT2D eigenvalue weighted by atomic mass is 19.4. The summed E-state index contributed by atoms with van der Waals surface area (Å²) in [5, 5.41) is 0.607. The lowest BCUT2D eigenvalue weighted by Crippen LogP contribution is -2.04. The largest absolute Gasteiger partial charge is 0.497 e. The van der Waals surface area contributed by atoms with Crippen molar-refractivity contribution < 1.29 is 22.3 Å². The molecule has 0 amide bonds. The number of ether oxygens (including phenoxy) is 1. The fourth-order valence-corrected chi connectivity index (χ4v) is 2.71. The number of halogens is 3. The van der Waals surface area contributed by atoms with Crippen molar-refractivity contribution in [1.82, 2.24) is 9.97 Å². The van der Waals surface area contributed by atoms with Crippen LogP contribution in [0.2, 0.25) is 0 Å². The maximum atomic E-state index is 12.8. The Balaban J connectivity index is 1.88. The molecule has 0 aliphatic carbocycles. The second kappa shape index (κ2) is 5.62. The monoisotopic (exact) mass is 360 g/mol. The van der Waals surface area contributed by atoms with E-state index >= 15 is 0 Å². The van der Waals surface area contributed by atoms with Gasteiger partial charge in [0.05, 0.1) is 23.7 Å². The zero-order valence-electron chi connectivity index (χ0n) is 13.3. The van der Waals surface area contributed by atoms with Gasteiger partial charge in [0.15, 0.2) is 0 Å². The van der Waals surface area contributed by atoms with E-state index in [-0.39, 0.29) is 16.9 Å². The lowest BCUT2D eigenvalue weighted by Gasteiger charge is -2.05. The van der Waals surface area contributed by atoms with Gasteiger partial charge in [-0.2, -0.15) is 13.2 Å². The van der Waals surface area contributed by atoms with Crippen LogP contribution in [-0.2, 0) is 6.18 Å². The quantitative estimate of drug-likeness (QED) is 0.539. The van der Waals surface area contributed by atoms with E-state index in [0.29, 0.717) is 22.2 Å². The number of aromatic amines is 1. The van der Waals surface area contributed by atoms with E-state index in [9.17, 15) is 18.0 Å². The third-order valence-electron chi connectivity index (χ3n) is 4.00. The van der Waals surface area contributed by atoms with E-state index in [0.717, 1.165) is 12.1 Å². The molecule has 0 radical (unpaired) electrons. The van der Waals surface area contributed by atoms with Crippen LogP contribution in [0.15, 0.2) is 51.7 Å². The van der Waals surface area contributed by atoms with Gasteiger partial charge in [-0.1, -0.05) is 0 Å². The lowest BCUT2D eigenvalue weighted by molar-refractivity contribution is -0.137. The van der Waals surface area contributed by atoms with Crippen LogP contribution in [0, 0.1) is 0 Å². The van der Waals surface area contributed by atoms with Crippen LogP contribution < -0.4 is 10.4 Å². The minimum absolute atomic E-state index is 0.121. The number of alkyl halides is 3. The van der Waals surface area contributed by atoms with Crippen molar-refractivity contribution in [2.45, 2.75) is 6.18 Å². The maximum absolute atomic E-state index is 12.8. The number of H-pyrrole nitrogens is 1. The van der Waals surface area contributed by atoms with E-state index < -0.39 is 17.4 Å². The molecule has 0 spiro atoms. The molecular formula is C18H11F3N2O3. The SMILES string of the molecule is COc1ccc2oc(=O)c(-c3nc4ccc(C(F)(F)F)cc4[nH]3)cc2c1. The Morgan fingerprint density at radius 3 is 2.65 bits per heavy atom. The molecule has 0 unspecified atom stereocenters. The van der Waals surface area contributed by atoms with Gasteiger partial charge < -0.3 is 14.1 Å². The molecule has 2 heterocycles. The zero-order chi connectivity index (χ0) is 18.5. The van der Waals surface area contributed by atoms with E-state index in [1.54, 1.807) is 24.3 Å². The second-order valence-corrected chi connectivity index (χ2v) is 5.67. The topological polar surface area (TPSA) is 68.1 Å². The molecule has 0 fully saturated rings.